The Morgan fingerprint density at radius 1 is 1.22 bits per heavy atom. The van der Waals surface area contributed by atoms with E-state index in [0.717, 1.165) is 24.8 Å². The lowest BCUT2D eigenvalue weighted by Gasteiger charge is -2.21. The largest absolute Gasteiger partial charge is 0.492 e. The molecule has 1 aliphatic rings. The highest BCUT2D eigenvalue weighted by Gasteiger charge is 2.23. The number of benzene rings is 1. The molecule has 1 fully saturated rings. The highest BCUT2D eigenvalue weighted by molar-refractivity contribution is 5.31. The van der Waals surface area contributed by atoms with E-state index < -0.39 is 0 Å². The average Bonchev–Trinajstić information content (AvgIpc) is 3.16. The second-order valence-electron chi connectivity index (χ2n) is 5.36. The van der Waals surface area contributed by atoms with Crippen LogP contribution < -0.4 is 4.74 Å². The van der Waals surface area contributed by atoms with E-state index >= 15 is 0 Å². The highest BCUT2D eigenvalue weighted by Crippen LogP contribution is 2.29. The third kappa shape index (κ3) is 4.34. The van der Waals surface area contributed by atoms with Gasteiger partial charge in [-0.25, -0.2) is 0 Å². The van der Waals surface area contributed by atoms with Crippen LogP contribution in [0.2, 0.25) is 0 Å². The lowest BCUT2D eigenvalue weighted by molar-refractivity contribution is 0.202. The predicted octanol–water partition coefficient (Wildman–Crippen LogP) is 3.50. The molecule has 0 radical (unpaired) electrons. The molecule has 0 amide bonds. The summed E-state index contributed by atoms with van der Waals surface area (Å²) in [6, 6.07) is 8.25. The predicted molar refractivity (Wildman–Crippen MR) is 76.1 cm³/mol. The van der Waals surface area contributed by atoms with E-state index in [1.807, 2.05) is 6.07 Å². The van der Waals surface area contributed by atoms with E-state index in [1.54, 1.807) is 0 Å². The number of hydrogen-bond acceptors (Lipinski definition) is 2. The van der Waals surface area contributed by atoms with Crippen LogP contribution in [0.5, 0.6) is 5.75 Å². The van der Waals surface area contributed by atoms with Gasteiger partial charge in [-0.3, -0.25) is 4.90 Å². The van der Waals surface area contributed by atoms with Gasteiger partial charge in [-0.15, -0.1) is 0 Å². The average molecular weight is 247 g/mol. The monoisotopic (exact) mass is 247 g/mol. The normalized spacial score (nSPS) is 15.1. The lowest BCUT2D eigenvalue weighted by Crippen LogP contribution is -2.31. The van der Waals surface area contributed by atoms with Crippen LogP contribution in [0.4, 0.5) is 0 Å². The molecule has 0 unspecified atom stereocenters. The molecule has 0 bridgehead atoms. The first-order valence-electron chi connectivity index (χ1n) is 7.20. The molecule has 2 heteroatoms. The fourth-order valence-electron chi connectivity index (χ4n) is 2.28. The molecule has 1 saturated carbocycles. The van der Waals surface area contributed by atoms with Crippen molar-refractivity contribution in [2.75, 3.05) is 26.2 Å². The van der Waals surface area contributed by atoms with E-state index in [9.17, 15) is 0 Å². The fourth-order valence-corrected chi connectivity index (χ4v) is 2.28. The van der Waals surface area contributed by atoms with Gasteiger partial charge in [0.25, 0.3) is 0 Å². The number of aryl methyl sites for hydroxylation is 1. The van der Waals surface area contributed by atoms with Crippen molar-refractivity contribution in [2.24, 2.45) is 5.92 Å². The number of para-hydroxylation sites is 1. The van der Waals surface area contributed by atoms with Crippen molar-refractivity contribution in [3.05, 3.63) is 29.8 Å². The van der Waals surface area contributed by atoms with Gasteiger partial charge in [-0.1, -0.05) is 25.1 Å². The molecule has 0 saturated heterocycles. The molecule has 1 aromatic carbocycles. The summed E-state index contributed by atoms with van der Waals surface area (Å²) in [5, 5.41) is 0. The first-order chi connectivity index (χ1) is 8.79. The summed E-state index contributed by atoms with van der Waals surface area (Å²) >= 11 is 0. The summed E-state index contributed by atoms with van der Waals surface area (Å²) in [4.78, 5) is 2.55. The topological polar surface area (TPSA) is 12.5 Å². The first-order valence-corrected chi connectivity index (χ1v) is 7.20. The van der Waals surface area contributed by atoms with Gasteiger partial charge >= 0.3 is 0 Å². The van der Waals surface area contributed by atoms with Gasteiger partial charge in [0.1, 0.15) is 12.4 Å². The van der Waals surface area contributed by atoms with E-state index in [4.69, 9.17) is 4.74 Å². The molecule has 0 spiro atoms. The minimum absolute atomic E-state index is 0.803. The Bertz CT molecular complexity index is 360. The summed E-state index contributed by atoms with van der Waals surface area (Å²) in [5.41, 5.74) is 1.22. The standard InChI is InChI=1S/C16H25NO/c1-3-10-17(13-15-8-9-15)11-12-18-16-7-5-4-6-14(16)2/h4-7,15H,3,8-13H2,1-2H3. The van der Waals surface area contributed by atoms with Crippen LogP contribution in [0.3, 0.4) is 0 Å². The second kappa shape index (κ2) is 6.79. The number of ether oxygens (including phenoxy) is 1. The van der Waals surface area contributed by atoms with Crippen molar-refractivity contribution in [1.82, 2.24) is 4.90 Å². The summed E-state index contributed by atoms with van der Waals surface area (Å²) in [6.07, 6.45) is 4.09. The molecule has 2 nitrogen and oxygen atoms in total. The third-order valence-corrected chi connectivity index (χ3v) is 3.51. The first kappa shape index (κ1) is 13.4. The van der Waals surface area contributed by atoms with Gasteiger partial charge in [-0.05, 0) is 50.3 Å². The van der Waals surface area contributed by atoms with Crippen LogP contribution in [0, 0.1) is 12.8 Å². The van der Waals surface area contributed by atoms with Gasteiger partial charge in [-0.2, -0.15) is 0 Å². The fraction of sp³-hybridized carbons (Fsp3) is 0.625. The summed E-state index contributed by atoms with van der Waals surface area (Å²) in [5.74, 6) is 2.00. The van der Waals surface area contributed by atoms with Crippen molar-refractivity contribution in [2.45, 2.75) is 33.1 Å². The SMILES string of the molecule is CCCN(CCOc1ccccc1C)CC1CC1. The molecule has 100 valence electrons. The van der Waals surface area contributed by atoms with E-state index in [-0.39, 0.29) is 0 Å². The Hall–Kier alpha value is -1.02. The molecule has 1 aromatic rings. The zero-order chi connectivity index (χ0) is 12.8. The third-order valence-electron chi connectivity index (χ3n) is 3.51. The van der Waals surface area contributed by atoms with Gasteiger partial charge in [0.2, 0.25) is 0 Å². The Kier molecular flexibility index (Phi) is 5.06. The van der Waals surface area contributed by atoms with Gasteiger partial charge in [0.05, 0.1) is 0 Å². The maximum Gasteiger partial charge on any atom is 0.122 e. The highest BCUT2D eigenvalue weighted by atomic mass is 16.5. The van der Waals surface area contributed by atoms with Crippen LogP contribution in [0.15, 0.2) is 24.3 Å². The Morgan fingerprint density at radius 2 is 2.00 bits per heavy atom. The van der Waals surface area contributed by atoms with Crippen LogP contribution in [0.25, 0.3) is 0 Å². The van der Waals surface area contributed by atoms with Gasteiger partial charge < -0.3 is 4.74 Å². The van der Waals surface area contributed by atoms with Crippen molar-refractivity contribution in [1.29, 1.82) is 0 Å². The summed E-state index contributed by atoms with van der Waals surface area (Å²) in [6.45, 7) is 8.68. The smallest absolute Gasteiger partial charge is 0.122 e. The lowest BCUT2D eigenvalue weighted by atomic mass is 10.2. The molecule has 1 aliphatic carbocycles. The van der Waals surface area contributed by atoms with Gasteiger partial charge in [0, 0.05) is 13.1 Å². The van der Waals surface area contributed by atoms with Crippen molar-refractivity contribution >= 4 is 0 Å². The van der Waals surface area contributed by atoms with Crippen LogP contribution >= 0.6 is 0 Å². The van der Waals surface area contributed by atoms with Gasteiger partial charge in [0.15, 0.2) is 0 Å². The summed E-state index contributed by atoms with van der Waals surface area (Å²) < 4.78 is 5.87. The van der Waals surface area contributed by atoms with E-state index in [2.05, 4.69) is 36.9 Å². The minimum Gasteiger partial charge on any atom is -0.492 e. The minimum atomic E-state index is 0.803. The molecule has 18 heavy (non-hydrogen) atoms. The summed E-state index contributed by atoms with van der Waals surface area (Å²) in [7, 11) is 0. The molecule has 0 atom stereocenters. The van der Waals surface area contributed by atoms with Crippen molar-refractivity contribution < 1.29 is 4.74 Å². The zero-order valence-electron chi connectivity index (χ0n) is 11.7. The zero-order valence-corrected chi connectivity index (χ0v) is 11.7. The second-order valence-corrected chi connectivity index (χ2v) is 5.36. The molecule has 0 aliphatic heterocycles. The van der Waals surface area contributed by atoms with E-state index in [0.29, 0.717) is 0 Å². The van der Waals surface area contributed by atoms with Crippen molar-refractivity contribution in [3.8, 4) is 5.75 Å². The number of rotatable bonds is 8. The molecular formula is C16H25NO. The van der Waals surface area contributed by atoms with Crippen LogP contribution in [0.1, 0.15) is 31.7 Å². The molecular weight excluding hydrogens is 222 g/mol. The molecule has 0 N–H and O–H groups in total. The molecule has 2 rings (SSSR count). The molecule has 0 heterocycles. The Labute approximate surface area is 111 Å². The molecule has 0 aromatic heterocycles. The maximum atomic E-state index is 5.87. The number of hydrogen-bond donors (Lipinski definition) is 0. The van der Waals surface area contributed by atoms with Crippen LogP contribution in [-0.2, 0) is 0 Å². The van der Waals surface area contributed by atoms with Crippen LogP contribution in [-0.4, -0.2) is 31.1 Å². The number of nitrogens with zero attached hydrogens (tertiary/aromatic N) is 1. The van der Waals surface area contributed by atoms with E-state index in [1.165, 1.54) is 37.9 Å². The van der Waals surface area contributed by atoms with Crippen molar-refractivity contribution in [3.63, 3.8) is 0 Å². The Morgan fingerprint density at radius 3 is 2.67 bits per heavy atom. The quantitative estimate of drug-likeness (QED) is 0.697. The Balaban J connectivity index is 1.73. The maximum absolute atomic E-state index is 5.87.